The fraction of sp³-hybridized carbons (Fsp3) is 1.00. The van der Waals surface area contributed by atoms with Crippen LogP contribution >= 0.6 is 0 Å². The van der Waals surface area contributed by atoms with Crippen molar-refractivity contribution in [1.82, 2.24) is 4.90 Å². The maximum atomic E-state index is 5.35. The fourth-order valence-corrected chi connectivity index (χ4v) is 2.51. The van der Waals surface area contributed by atoms with Crippen molar-refractivity contribution in [2.45, 2.75) is 39.2 Å². The molecular formula is C11H21NO. The summed E-state index contributed by atoms with van der Waals surface area (Å²) in [5.41, 5.74) is 0.557. The zero-order valence-electron chi connectivity index (χ0n) is 8.88. The molecule has 0 amide bonds. The van der Waals surface area contributed by atoms with E-state index in [1.54, 1.807) is 0 Å². The average molecular weight is 183 g/mol. The molecule has 2 heterocycles. The first-order valence-electron chi connectivity index (χ1n) is 5.57. The van der Waals surface area contributed by atoms with E-state index in [-0.39, 0.29) is 0 Å². The number of ether oxygens (including phenoxy) is 1. The van der Waals surface area contributed by atoms with Crippen LogP contribution in [0.5, 0.6) is 0 Å². The van der Waals surface area contributed by atoms with Crippen LogP contribution in [0, 0.1) is 5.41 Å². The monoisotopic (exact) mass is 183 g/mol. The summed E-state index contributed by atoms with van der Waals surface area (Å²) in [6.45, 7) is 9.24. The average Bonchev–Trinajstić information content (AvgIpc) is 2.14. The van der Waals surface area contributed by atoms with Crippen molar-refractivity contribution in [3.8, 4) is 0 Å². The summed E-state index contributed by atoms with van der Waals surface area (Å²) >= 11 is 0. The lowest BCUT2D eigenvalue weighted by molar-refractivity contribution is -0.148. The van der Waals surface area contributed by atoms with Gasteiger partial charge in [0.15, 0.2) is 0 Å². The highest BCUT2D eigenvalue weighted by molar-refractivity contribution is 4.92. The Bertz CT molecular complexity index is 177. The zero-order chi connectivity index (χ0) is 9.31. The van der Waals surface area contributed by atoms with Crippen molar-refractivity contribution < 1.29 is 4.74 Å². The molecule has 76 valence electrons. The predicted molar refractivity (Wildman–Crippen MR) is 53.8 cm³/mol. The van der Waals surface area contributed by atoms with Gasteiger partial charge in [0, 0.05) is 18.0 Å². The molecule has 0 aromatic heterocycles. The molecule has 0 N–H and O–H groups in total. The summed E-state index contributed by atoms with van der Waals surface area (Å²) in [6, 6.07) is 0.762. The lowest BCUT2D eigenvalue weighted by Gasteiger charge is -2.49. The number of rotatable bonds is 2. The number of hydrogen-bond acceptors (Lipinski definition) is 2. The predicted octanol–water partition coefficient (Wildman–Crippen LogP) is 1.90. The van der Waals surface area contributed by atoms with E-state index in [0.29, 0.717) is 5.41 Å². The Morgan fingerprint density at radius 1 is 1.46 bits per heavy atom. The van der Waals surface area contributed by atoms with E-state index in [2.05, 4.69) is 18.7 Å². The summed E-state index contributed by atoms with van der Waals surface area (Å²) < 4.78 is 5.35. The first-order valence-corrected chi connectivity index (χ1v) is 5.57. The van der Waals surface area contributed by atoms with Gasteiger partial charge in [-0.1, -0.05) is 6.92 Å². The SMILES string of the molecule is CCC(C)N1CCCC2(COC2)C1. The number of hydrogen-bond donors (Lipinski definition) is 0. The molecule has 13 heavy (non-hydrogen) atoms. The molecule has 2 heteroatoms. The van der Waals surface area contributed by atoms with E-state index < -0.39 is 0 Å². The smallest absolute Gasteiger partial charge is 0.0557 e. The van der Waals surface area contributed by atoms with Crippen molar-refractivity contribution in [1.29, 1.82) is 0 Å². The Labute approximate surface area is 81.3 Å². The lowest BCUT2D eigenvalue weighted by Crippen LogP contribution is -2.55. The molecule has 0 aromatic rings. The fourth-order valence-electron chi connectivity index (χ4n) is 2.51. The van der Waals surface area contributed by atoms with Crippen LogP contribution in [0.25, 0.3) is 0 Å². The standard InChI is InChI=1S/C11H21NO/c1-3-10(2)12-6-4-5-11(7-12)8-13-9-11/h10H,3-9H2,1-2H3. The van der Waals surface area contributed by atoms with E-state index in [1.165, 1.54) is 32.4 Å². The van der Waals surface area contributed by atoms with Crippen LogP contribution in [0.4, 0.5) is 0 Å². The first kappa shape index (κ1) is 9.47. The van der Waals surface area contributed by atoms with E-state index in [4.69, 9.17) is 4.74 Å². The summed E-state index contributed by atoms with van der Waals surface area (Å²) in [5.74, 6) is 0. The van der Waals surface area contributed by atoms with Crippen molar-refractivity contribution in [3.05, 3.63) is 0 Å². The maximum Gasteiger partial charge on any atom is 0.0557 e. The van der Waals surface area contributed by atoms with Gasteiger partial charge in [0.25, 0.3) is 0 Å². The van der Waals surface area contributed by atoms with Gasteiger partial charge in [0.2, 0.25) is 0 Å². The molecule has 1 unspecified atom stereocenters. The van der Waals surface area contributed by atoms with Gasteiger partial charge in [0.1, 0.15) is 0 Å². The molecule has 2 saturated heterocycles. The highest BCUT2D eigenvalue weighted by atomic mass is 16.5. The second-order valence-corrected chi connectivity index (χ2v) is 4.82. The Hall–Kier alpha value is -0.0800. The second-order valence-electron chi connectivity index (χ2n) is 4.82. The molecule has 2 aliphatic rings. The molecule has 0 saturated carbocycles. The van der Waals surface area contributed by atoms with Crippen LogP contribution in [0.3, 0.4) is 0 Å². The van der Waals surface area contributed by atoms with Gasteiger partial charge >= 0.3 is 0 Å². The molecule has 0 bridgehead atoms. The number of nitrogens with zero attached hydrogens (tertiary/aromatic N) is 1. The van der Waals surface area contributed by atoms with E-state index in [9.17, 15) is 0 Å². The highest BCUT2D eigenvalue weighted by Crippen LogP contribution is 2.37. The zero-order valence-corrected chi connectivity index (χ0v) is 8.88. The Balaban J connectivity index is 1.92. The molecule has 1 atom stereocenters. The minimum atomic E-state index is 0.557. The minimum absolute atomic E-state index is 0.557. The van der Waals surface area contributed by atoms with Gasteiger partial charge in [-0.2, -0.15) is 0 Å². The summed E-state index contributed by atoms with van der Waals surface area (Å²) in [4.78, 5) is 2.64. The first-order chi connectivity index (χ1) is 6.26. The van der Waals surface area contributed by atoms with Crippen LogP contribution in [0.15, 0.2) is 0 Å². The molecule has 0 aromatic carbocycles. The van der Waals surface area contributed by atoms with E-state index in [1.807, 2.05) is 0 Å². The number of piperidine rings is 1. The normalized spacial score (nSPS) is 30.0. The molecular weight excluding hydrogens is 162 g/mol. The molecule has 2 aliphatic heterocycles. The third-order valence-corrected chi connectivity index (χ3v) is 3.72. The van der Waals surface area contributed by atoms with Crippen molar-refractivity contribution in [2.75, 3.05) is 26.3 Å². The molecule has 0 radical (unpaired) electrons. The molecule has 0 aliphatic carbocycles. The third-order valence-electron chi connectivity index (χ3n) is 3.72. The van der Waals surface area contributed by atoms with Gasteiger partial charge < -0.3 is 4.74 Å². The Morgan fingerprint density at radius 2 is 2.23 bits per heavy atom. The number of likely N-dealkylation sites (tertiary alicyclic amines) is 1. The molecule has 2 fully saturated rings. The van der Waals surface area contributed by atoms with E-state index in [0.717, 1.165) is 19.3 Å². The van der Waals surface area contributed by atoms with Crippen LogP contribution in [-0.4, -0.2) is 37.2 Å². The molecule has 2 nitrogen and oxygen atoms in total. The molecule has 1 spiro atoms. The van der Waals surface area contributed by atoms with Gasteiger partial charge in [-0.3, -0.25) is 4.90 Å². The van der Waals surface area contributed by atoms with Crippen molar-refractivity contribution in [3.63, 3.8) is 0 Å². The van der Waals surface area contributed by atoms with Gasteiger partial charge in [-0.15, -0.1) is 0 Å². The Morgan fingerprint density at radius 3 is 2.77 bits per heavy atom. The topological polar surface area (TPSA) is 12.5 Å². The van der Waals surface area contributed by atoms with Crippen LogP contribution in [0.1, 0.15) is 33.1 Å². The van der Waals surface area contributed by atoms with Gasteiger partial charge in [-0.05, 0) is 32.7 Å². The van der Waals surface area contributed by atoms with Gasteiger partial charge in [0.05, 0.1) is 13.2 Å². The second kappa shape index (κ2) is 3.58. The largest absolute Gasteiger partial charge is 0.380 e. The summed E-state index contributed by atoms with van der Waals surface area (Å²) in [6.07, 6.45) is 4.03. The Kier molecular flexibility index (Phi) is 2.61. The minimum Gasteiger partial charge on any atom is -0.380 e. The third kappa shape index (κ3) is 1.75. The van der Waals surface area contributed by atoms with Gasteiger partial charge in [-0.25, -0.2) is 0 Å². The maximum absolute atomic E-state index is 5.35. The quantitative estimate of drug-likeness (QED) is 0.648. The lowest BCUT2D eigenvalue weighted by atomic mass is 9.78. The van der Waals surface area contributed by atoms with E-state index >= 15 is 0 Å². The van der Waals surface area contributed by atoms with Crippen molar-refractivity contribution >= 4 is 0 Å². The molecule has 2 rings (SSSR count). The van der Waals surface area contributed by atoms with Crippen molar-refractivity contribution in [2.24, 2.45) is 5.41 Å². The van der Waals surface area contributed by atoms with Crippen LogP contribution < -0.4 is 0 Å². The highest BCUT2D eigenvalue weighted by Gasteiger charge is 2.42. The van der Waals surface area contributed by atoms with Crippen LogP contribution in [0.2, 0.25) is 0 Å². The summed E-state index contributed by atoms with van der Waals surface area (Å²) in [7, 11) is 0. The van der Waals surface area contributed by atoms with Crippen LogP contribution in [-0.2, 0) is 4.74 Å². The summed E-state index contributed by atoms with van der Waals surface area (Å²) in [5, 5.41) is 0.